The third-order valence-corrected chi connectivity index (χ3v) is 4.88. The van der Waals surface area contributed by atoms with Crippen LogP contribution in [0.25, 0.3) is 10.2 Å². The average molecular weight is 287 g/mol. The number of rotatable bonds is 3. The fourth-order valence-electron chi connectivity index (χ4n) is 1.80. The Morgan fingerprint density at radius 2 is 2.11 bits per heavy atom. The van der Waals surface area contributed by atoms with E-state index in [0.29, 0.717) is 0 Å². The van der Waals surface area contributed by atoms with Crippen molar-refractivity contribution in [3.05, 3.63) is 47.8 Å². The van der Waals surface area contributed by atoms with E-state index in [1.807, 2.05) is 43.3 Å². The van der Waals surface area contributed by atoms with Crippen LogP contribution < -0.4 is 5.73 Å². The standard InChI is InChI=1S/C14H13N3S2/c1-9-3-2-4-11(16-9)8-18-14-17-12-6-5-10(15)7-13(12)19-14/h2-7H,8,15H2,1H3. The van der Waals surface area contributed by atoms with E-state index in [1.54, 1.807) is 23.1 Å². The first-order valence-corrected chi connectivity index (χ1v) is 7.72. The number of thiazole rings is 1. The van der Waals surface area contributed by atoms with Gasteiger partial charge in [-0.2, -0.15) is 0 Å². The van der Waals surface area contributed by atoms with E-state index in [-0.39, 0.29) is 0 Å². The summed E-state index contributed by atoms with van der Waals surface area (Å²) in [5, 5.41) is 0. The smallest absolute Gasteiger partial charge is 0.151 e. The van der Waals surface area contributed by atoms with Crippen molar-refractivity contribution in [1.82, 2.24) is 9.97 Å². The lowest BCUT2D eigenvalue weighted by Crippen LogP contribution is -1.88. The Kier molecular flexibility index (Phi) is 3.40. The van der Waals surface area contributed by atoms with Crippen molar-refractivity contribution in [3.8, 4) is 0 Å². The van der Waals surface area contributed by atoms with Crippen LogP contribution in [-0.2, 0) is 5.75 Å². The van der Waals surface area contributed by atoms with E-state index in [4.69, 9.17) is 5.73 Å². The molecule has 5 heteroatoms. The van der Waals surface area contributed by atoms with Crippen molar-refractivity contribution >= 4 is 39.0 Å². The molecule has 3 nitrogen and oxygen atoms in total. The van der Waals surface area contributed by atoms with Crippen LogP contribution in [0, 0.1) is 6.92 Å². The Hall–Kier alpha value is -1.59. The molecule has 0 bridgehead atoms. The molecular formula is C14H13N3S2. The van der Waals surface area contributed by atoms with Gasteiger partial charge in [-0.3, -0.25) is 4.98 Å². The van der Waals surface area contributed by atoms with Crippen LogP contribution in [0.2, 0.25) is 0 Å². The first kappa shape index (κ1) is 12.4. The lowest BCUT2D eigenvalue weighted by atomic mass is 10.3. The largest absolute Gasteiger partial charge is 0.399 e. The number of nitrogen functional groups attached to an aromatic ring is 1. The number of nitrogens with zero attached hydrogens (tertiary/aromatic N) is 2. The first-order chi connectivity index (χ1) is 9.20. The van der Waals surface area contributed by atoms with Gasteiger partial charge < -0.3 is 5.73 Å². The van der Waals surface area contributed by atoms with Gasteiger partial charge in [0.15, 0.2) is 4.34 Å². The molecular weight excluding hydrogens is 274 g/mol. The third-order valence-electron chi connectivity index (χ3n) is 2.68. The van der Waals surface area contributed by atoms with Gasteiger partial charge in [0.2, 0.25) is 0 Å². The van der Waals surface area contributed by atoms with Crippen molar-refractivity contribution < 1.29 is 0 Å². The van der Waals surface area contributed by atoms with E-state index in [9.17, 15) is 0 Å². The minimum atomic E-state index is 0.785. The van der Waals surface area contributed by atoms with Gasteiger partial charge in [-0.1, -0.05) is 17.8 Å². The van der Waals surface area contributed by atoms with Gasteiger partial charge in [-0.25, -0.2) is 4.98 Å². The van der Waals surface area contributed by atoms with E-state index in [1.165, 1.54) is 0 Å². The number of anilines is 1. The van der Waals surface area contributed by atoms with Crippen molar-refractivity contribution in [1.29, 1.82) is 0 Å². The molecule has 0 saturated heterocycles. The normalized spacial score (nSPS) is 11.0. The third kappa shape index (κ3) is 2.88. The van der Waals surface area contributed by atoms with E-state index >= 15 is 0 Å². The predicted molar refractivity (Wildman–Crippen MR) is 82.6 cm³/mol. The SMILES string of the molecule is Cc1cccc(CSc2nc3ccc(N)cc3s2)n1. The Balaban J connectivity index is 1.78. The van der Waals surface area contributed by atoms with Crippen molar-refractivity contribution in [2.75, 3.05) is 5.73 Å². The molecule has 96 valence electrons. The second-order valence-electron chi connectivity index (χ2n) is 4.27. The van der Waals surface area contributed by atoms with Gasteiger partial charge in [0, 0.05) is 17.1 Å². The topological polar surface area (TPSA) is 51.8 Å². The molecule has 0 aliphatic rings. The Bertz CT molecular complexity index is 722. The highest BCUT2D eigenvalue weighted by Crippen LogP contribution is 2.32. The molecule has 0 aliphatic heterocycles. The van der Waals surface area contributed by atoms with Gasteiger partial charge in [0.25, 0.3) is 0 Å². The number of pyridine rings is 1. The summed E-state index contributed by atoms with van der Waals surface area (Å²) in [7, 11) is 0. The molecule has 2 N–H and O–H groups in total. The highest BCUT2D eigenvalue weighted by molar-refractivity contribution is 8.00. The summed E-state index contributed by atoms with van der Waals surface area (Å²) in [5.41, 5.74) is 9.71. The summed E-state index contributed by atoms with van der Waals surface area (Å²) in [6.45, 7) is 2.01. The summed E-state index contributed by atoms with van der Waals surface area (Å²) in [6.07, 6.45) is 0. The Morgan fingerprint density at radius 1 is 1.21 bits per heavy atom. The van der Waals surface area contributed by atoms with Gasteiger partial charge >= 0.3 is 0 Å². The highest BCUT2D eigenvalue weighted by atomic mass is 32.2. The molecule has 1 aromatic carbocycles. The number of aryl methyl sites for hydroxylation is 1. The average Bonchev–Trinajstić information content (AvgIpc) is 2.78. The number of aromatic nitrogens is 2. The van der Waals surface area contributed by atoms with E-state index < -0.39 is 0 Å². The molecule has 0 aliphatic carbocycles. The molecule has 0 unspecified atom stereocenters. The Morgan fingerprint density at radius 3 is 2.95 bits per heavy atom. The summed E-state index contributed by atoms with van der Waals surface area (Å²) in [6, 6.07) is 11.9. The molecule has 2 aromatic heterocycles. The van der Waals surface area contributed by atoms with Crippen molar-refractivity contribution in [2.45, 2.75) is 17.0 Å². The fraction of sp³-hybridized carbons (Fsp3) is 0.143. The predicted octanol–water partition coefficient (Wildman–Crippen LogP) is 3.87. The number of benzene rings is 1. The summed E-state index contributed by atoms with van der Waals surface area (Å²) < 4.78 is 2.20. The second-order valence-corrected chi connectivity index (χ2v) is 6.52. The monoisotopic (exact) mass is 287 g/mol. The van der Waals surface area contributed by atoms with E-state index in [2.05, 4.69) is 9.97 Å². The van der Waals surface area contributed by atoms with Gasteiger partial charge in [0.1, 0.15) is 0 Å². The molecule has 0 radical (unpaired) electrons. The fourth-order valence-corrected chi connectivity index (χ4v) is 3.82. The number of thioether (sulfide) groups is 1. The molecule has 0 atom stereocenters. The van der Waals surface area contributed by atoms with Gasteiger partial charge in [-0.15, -0.1) is 11.3 Å². The quantitative estimate of drug-likeness (QED) is 0.587. The minimum absolute atomic E-state index is 0.785. The number of hydrogen-bond acceptors (Lipinski definition) is 5. The maximum absolute atomic E-state index is 5.78. The molecule has 0 spiro atoms. The Labute approximate surface area is 119 Å². The molecule has 2 heterocycles. The van der Waals surface area contributed by atoms with Crippen LogP contribution in [0.3, 0.4) is 0 Å². The zero-order valence-corrected chi connectivity index (χ0v) is 12.1. The lowest BCUT2D eigenvalue weighted by Gasteiger charge is -1.99. The van der Waals surface area contributed by atoms with Gasteiger partial charge in [0.05, 0.1) is 15.9 Å². The van der Waals surface area contributed by atoms with Crippen molar-refractivity contribution in [3.63, 3.8) is 0 Å². The highest BCUT2D eigenvalue weighted by Gasteiger charge is 2.05. The summed E-state index contributed by atoms with van der Waals surface area (Å²) in [4.78, 5) is 9.08. The first-order valence-electron chi connectivity index (χ1n) is 5.92. The number of nitrogens with two attached hydrogens (primary N) is 1. The molecule has 3 rings (SSSR count). The van der Waals surface area contributed by atoms with Gasteiger partial charge in [-0.05, 0) is 37.3 Å². The van der Waals surface area contributed by atoms with Crippen LogP contribution >= 0.6 is 23.1 Å². The molecule has 0 amide bonds. The van der Waals surface area contributed by atoms with Crippen LogP contribution in [0.4, 0.5) is 5.69 Å². The van der Waals surface area contributed by atoms with Crippen LogP contribution in [0.15, 0.2) is 40.7 Å². The maximum atomic E-state index is 5.78. The van der Waals surface area contributed by atoms with Crippen molar-refractivity contribution in [2.24, 2.45) is 0 Å². The van der Waals surface area contributed by atoms with Crippen LogP contribution in [0.1, 0.15) is 11.4 Å². The molecule has 0 fully saturated rings. The van der Waals surface area contributed by atoms with Crippen LogP contribution in [0.5, 0.6) is 0 Å². The number of fused-ring (bicyclic) bond motifs is 1. The second kappa shape index (κ2) is 5.19. The summed E-state index contributed by atoms with van der Waals surface area (Å²) >= 11 is 3.40. The zero-order valence-electron chi connectivity index (χ0n) is 10.5. The minimum Gasteiger partial charge on any atom is -0.399 e. The lowest BCUT2D eigenvalue weighted by molar-refractivity contribution is 1.10. The summed E-state index contributed by atoms with van der Waals surface area (Å²) in [5.74, 6) is 0.844. The van der Waals surface area contributed by atoms with Crippen LogP contribution in [-0.4, -0.2) is 9.97 Å². The molecule has 0 saturated carbocycles. The zero-order chi connectivity index (χ0) is 13.2. The van der Waals surface area contributed by atoms with E-state index in [0.717, 1.165) is 37.4 Å². The molecule has 3 aromatic rings. The molecule has 19 heavy (non-hydrogen) atoms. The number of hydrogen-bond donors (Lipinski definition) is 1. The maximum Gasteiger partial charge on any atom is 0.151 e.